The summed E-state index contributed by atoms with van der Waals surface area (Å²) in [5, 5.41) is 11.1. The van der Waals surface area contributed by atoms with Crippen LogP contribution in [-0.4, -0.2) is 16.1 Å². The molecule has 1 aromatic heterocycles. The summed E-state index contributed by atoms with van der Waals surface area (Å²) in [7, 11) is 0. The summed E-state index contributed by atoms with van der Waals surface area (Å²) in [5.74, 6) is -0.849. The van der Waals surface area contributed by atoms with Crippen LogP contribution in [0.1, 0.15) is 16.8 Å². The van der Waals surface area contributed by atoms with E-state index in [-0.39, 0.29) is 17.9 Å². The average Bonchev–Trinajstić information content (AvgIpc) is 2.85. The molecule has 0 fully saturated rings. The molecule has 32 heavy (non-hydrogen) atoms. The van der Waals surface area contributed by atoms with Crippen molar-refractivity contribution >= 4 is 33.2 Å². The number of carbonyl (C=O) groups is 1. The standard InChI is InChI=1S/C27H20BrNO3/c28-23-14-8-7-13-22(23)26(30)25(27(31)32-18-19-9-3-1-4-10-19)24-16-15-21(17-29-24)20-11-5-2-6-12-20/h1-17,30H,18H2. The lowest BCUT2D eigenvalue weighted by molar-refractivity contribution is -0.137. The van der Waals surface area contributed by atoms with E-state index in [1.807, 2.05) is 72.8 Å². The van der Waals surface area contributed by atoms with Crippen LogP contribution in [-0.2, 0) is 16.1 Å². The maximum absolute atomic E-state index is 13.1. The number of hydrogen-bond donors (Lipinski definition) is 1. The van der Waals surface area contributed by atoms with E-state index in [0.29, 0.717) is 15.7 Å². The zero-order valence-corrected chi connectivity index (χ0v) is 18.7. The molecular formula is C27H20BrNO3. The molecule has 0 amide bonds. The van der Waals surface area contributed by atoms with Gasteiger partial charge in [0.1, 0.15) is 17.9 Å². The van der Waals surface area contributed by atoms with E-state index in [0.717, 1.165) is 16.7 Å². The van der Waals surface area contributed by atoms with Gasteiger partial charge in [-0.25, -0.2) is 4.79 Å². The predicted molar refractivity (Wildman–Crippen MR) is 129 cm³/mol. The largest absolute Gasteiger partial charge is 0.506 e. The number of hydrogen-bond acceptors (Lipinski definition) is 4. The lowest BCUT2D eigenvalue weighted by Gasteiger charge is -2.13. The first-order valence-electron chi connectivity index (χ1n) is 10.0. The van der Waals surface area contributed by atoms with Crippen LogP contribution in [0.3, 0.4) is 0 Å². The minimum Gasteiger partial charge on any atom is -0.506 e. The quantitative estimate of drug-likeness (QED) is 0.188. The van der Waals surface area contributed by atoms with Crippen LogP contribution in [0.2, 0.25) is 0 Å². The zero-order chi connectivity index (χ0) is 22.3. The van der Waals surface area contributed by atoms with Gasteiger partial charge >= 0.3 is 5.97 Å². The lowest BCUT2D eigenvalue weighted by Crippen LogP contribution is -2.11. The van der Waals surface area contributed by atoms with E-state index < -0.39 is 5.97 Å². The number of ether oxygens (including phenoxy) is 1. The monoisotopic (exact) mass is 485 g/mol. The topological polar surface area (TPSA) is 59.4 Å². The molecule has 3 aromatic carbocycles. The molecule has 0 aliphatic heterocycles. The van der Waals surface area contributed by atoms with Crippen molar-refractivity contribution in [1.29, 1.82) is 0 Å². The smallest absolute Gasteiger partial charge is 0.344 e. The van der Waals surface area contributed by atoms with Gasteiger partial charge in [-0.3, -0.25) is 4.98 Å². The van der Waals surface area contributed by atoms with Crippen LogP contribution in [0, 0.1) is 0 Å². The minimum atomic E-state index is -0.651. The summed E-state index contributed by atoms with van der Waals surface area (Å²) in [5.41, 5.74) is 3.59. The van der Waals surface area contributed by atoms with Crippen molar-refractivity contribution in [3.05, 3.63) is 125 Å². The van der Waals surface area contributed by atoms with Gasteiger partial charge in [0.05, 0.1) is 5.69 Å². The molecule has 0 bridgehead atoms. The highest BCUT2D eigenvalue weighted by atomic mass is 79.9. The van der Waals surface area contributed by atoms with Crippen LogP contribution in [0.15, 0.2) is 108 Å². The molecule has 1 heterocycles. The van der Waals surface area contributed by atoms with Gasteiger partial charge in [-0.2, -0.15) is 0 Å². The minimum absolute atomic E-state index is 0.00689. The maximum Gasteiger partial charge on any atom is 0.344 e. The van der Waals surface area contributed by atoms with Crippen molar-refractivity contribution in [2.75, 3.05) is 0 Å². The lowest BCUT2D eigenvalue weighted by atomic mass is 10.0. The Hall–Kier alpha value is -3.70. The van der Waals surface area contributed by atoms with Crippen molar-refractivity contribution < 1.29 is 14.6 Å². The molecule has 4 rings (SSSR count). The highest BCUT2D eigenvalue weighted by Gasteiger charge is 2.23. The number of carbonyl (C=O) groups excluding carboxylic acids is 1. The zero-order valence-electron chi connectivity index (χ0n) is 17.1. The summed E-state index contributed by atoms with van der Waals surface area (Å²) >= 11 is 3.44. The van der Waals surface area contributed by atoms with Crippen LogP contribution in [0.5, 0.6) is 0 Å². The van der Waals surface area contributed by atoms with E-state index in [4.69, 9.17) is 4.74 Å². The van der Waals surface area contributed by atoms with Gasteiger partial charge in [-0.1, -0.05) is 101 Å². The van der Waals surface area contributed by atoms with E-state index in [9.17, 15) is 9.90 Å². The molecule has 4 aromatic rings. The van der Waals surface area contributed by atoms with E-state index >= 15 is 0 Å². The van der Waals surface area contributed by atoms with Crippen molar-refractivity contribution in [3.63, 3.8) is 0 Å². The van der Waals surface area contributed by atoms with Crippen LogP contribution in [0.4, 0.5) is 0 Å². The molecule has 4 nitrogen and oxygen atoms in total. The molecule has 0 aliphatic rings. The number of halogens is 1. The van der Waals surface area contributed by atoms with Gasteiger partial charge in [-0.05, 0) is 23.3 Å². The van der Waals surface area contributed by atoms with Gasteiger partial charge in [0, 0.05) is 21.8 Å². The molecule has 1 N–H and O–H groups in total. The van der Waals surface area contributed by atoms with Gasteiger partial charge < -0.3 is 9.84 Å². The normalized spacial score (nSPS) is 11.5. The SMILES string of the molecule is O=C(OCc1ccccc1)C(=C(O)c1ccccc1Br)c1ccc(-c2ccccc2)cn1. The summed E-state index contributed by atoms with van der Waals surface area (Å²) in [4.78, 5) is 17.6. The Morgan fingerprint density at radius 1 is 0.812 bits per heavy atom. The van der Waals surface area contributed by atoms with Gasteiger partial charge in [0.2, 0.25) is 0 Å². The number of esters is 1. The number of aromatic nitrogens is 1. The third kappa shape index (κ3) is 4.95. The number of benzene rings is 3. The molecule has 5 heteroatoms. The highest BCUT2D eigenvalue weighted by molar-refractivity contribution is 9.10. The predicted octanol–water partition coefficient (Wildman–Crippen LogP) is 6.68. The molecular weight excluding hydrogens is 466 g/mol. The van der Waals surface area contributed by atoms with Crippen molar-refractivity contribution in [2.45, 2.75) is 6.61 Å². The van der Waals surface area contributed by atoms with Crippen molar-refractivity contribution in [3.8, 4) is 11.1 Å². The summed E-state index contributed by atoms with van der Waals surface area (Å²) in [6.45, 7) is 0.0918. The Labute approximate surface area is 195 Å². The van der Waals surface area contributed by atoms with E-state index in [1.54, 1.807) is 30.5 Å². The van der Waals surface area contributed by atoms with E-state index in [1.165, 1.54) is 0 Å². The third-order valence-electron chi connectivity index (χ3n) is 4.91. The molecule has 0 aliphatic carbocycles. The molecule has 0 saturated carbocycles. The summed E-state index contributed by atoms with van der Waals surface area (Å²) in [6.07, 6.45) is 1.68. The molecule has 0 radical (unpaired) electrons. The molecule has 0 unspecified atom stereocenters. The number of nitrogens with zero attached hydrogens (tertiary/aromatic N) is 1. The first-order chi connectivity index (χ1) is 15.6. The molecule has 0 atom stereocenters. The Balaban J connectivity index is 1.71. The first-order valence-corrected chi connectivity index (χ1v) is 10.8. The van der Waals surface area contributed by atoms with Crippen LogP contribution in [0.25, 0.3) is 22.5 Å². The summed E-state index contributed by atoms with van der Waals surface area (Å²) in [6, 6.07) is 30.0. The molecule has 0 spiro atoms. The number of rotatable bonds is 6. The van der Waals surface area contributed by atoms with E-state index in [2.05, 4.69) is 20.9 Å². The van der Waals surface area contributed by atoms with Crippen LogP contribution >= 0.6 is 15.9 Å². The molecule has 158 valence electrons. The van der Waals surface area contributed by atoms with Gasteiger partial charge in [0.15, 0.2) is 0 Å². The highest BCUT2D eigenvalue weighted by Crippen LogP contribution is 2.30. The summed E-state index contributed by atoms with van der Waals surface area (Å²) < 4.78 is 6.19. The van der Waals surface area contributed by atoms with Crippen molar-refractivity contribution in [1.82, 2.24) is 4.98 Å². The van der Waals surface area contributed by atoms with Crippen molar-refractivity contribution in [2.24, 2.45) is 0 Å². The Morgan fingerprint density at radius 2 is 1.47 bits per heavy atom. The average molecular weight is 486 g/mol. The second-order valence-electron chi connectivity index (χ2n) is 7.06. The van der Waals surface area contributed by atoms with Gasteiger partial charge in [-0.15, -0.1) is 0 Å². The molecule has 0 saturated heterocycles. The Kier molecular flexibility index (Phi) is 6.78. The third-order valence-corrected chi connectivity index (χ3v) is 5.60. The van der Waals surface area contributed by atoms with Gasteiger partial charge in [0.25, 0.3) is 0 Å². The number of pyridine rings is 1. The van der Waals surface area contributed by atoms with Crippen LogP contribution < -0.4 is 0 Å². The fourth-order valence-corrected chi connectivity index (χ4v) is 3.72. The fraction of sp³-hybridized carbons (Fsp3) is 0.0370. The second-order valence-corrected chi connectivity index (χ2v) is 7.92. The number of aliphatic hydroxyl groups excluding tert-OH is 1. The Bertz CT molecular complexity index is 1240. The fourth-order valence-electron chi connectivity index (χ4n) is 3.25. The maximum atomic E-state index is 13.1. The Morgan fingerprint density at radius 3 is 2.12 bits per heavy atom. The first kappa shape index (κ1) is 21.5. The second kappa shape index (κ2) is 10.1. The number of aliphatic hydroxyl groups is 1.